The molecule has 0 unspecified atom stereocenters. The Morgan fingerprint density at radius 1 is 1.07 bits per heavy atom. The molecule has 206 valence electrons. The molecule has 0 bridgehead atoms. The topological polar surface area (TPSA) is 94.8 Å². The van der Waals surface area contributed by atoms with Crippen molar-refractivity contribution < 1.29 is 14.3 Å². The normalized spacial score (nSPS) is 13.9. The maximum atomic E-state index is 13.5. The van der Waals surface area contributed by atoms with E-state index in [0.717, 1.165) is 25.7 Å². The van der Waals surface area contributed by atoms with E-state index in [4.69, 9.17) is 14.5 Å². The molecule has 1 aliphatic carbocycles. The Bertz CT molecular complexity index is 1580. The van der Waals surface area contributed by atoms with E-state index in [1.165, 1.54) is 11.1 Å². The van der Waals surface area contributed by atoms with Crippen molar-refractivity contribution in [3.63, 3.8) is 0 Å². The predicted molar refractivity (Wildman–Crippen MR) is 161 cm³/mol. The molecule has 3 aromatic carbocycles. The number of benzene rings is 3. The van der Waals surface area contributed by atoms with Crippen molar-refractivity contribution in [1.82, 2.24) is 9.66 Å². The summed E-state index contributed by atoms with van der Waals surface area (Å²) in [6.45, 7) is 2.08. The van der Waals surface area contributed by atoms with E-state index in [1.54, 1.807) is 18.3 Å². The molecule has 0 radical (unpaired) electrons. The molecule has 0 saturated heterocycles. The monoisotopic (exact) mass is 602 g/mol. The van der Waals surface area contributed by atoms with Gasteiger partial charge in [0.2, 0.25) is 0 Å². The first-order chi connectivity index (χ1) is 19.5. The zero-order chi connectivity index (χ0) is 27.9. The molecular weight excluding hydrogens is 572 g/mol. The van der Waals surface area contributed by atoms with Crippen molar-refractivity contribution in [2.45, 2.75) is 44.9 Å². The molecule has 40 heavy (non-hydrogen) atoms. The van der Waals surface area contributed by atoms with Crippen LogP contribution in [0.25, 0.3) is 10.9 Å². The van der Waals surface area contributed by atoms with Crippen LogP contribution in [0.2, 0.25) is 0 Å². The summed E-state index contributed by atoms with van der Waals surface area (Å²) < 4.78 is 13.7. The van der Waals surface area contributed by atoms with Crippen LogP contribution in [0.4, 0.5) is 5.69 Å². The molecule has 0 spiro atoms. The van der Waals surface area contributed by atoms with Gasteiger partial charge in [0.15, 0.2) is 18.1 Å². The first-order valence-corrected chi connectivity index (χ1v) is 14.3. The smallest absolute Gasteiger partial charge is 0.282 e. The van der Waals surface area contributed by atoms with Crippen LogP contribution >= 0.6 is 15.9 Å². The third-order valence-corrected chi connectivity index (χ3v) is 7.40. The summed E-state index contributed by atoms with van der Waals surface area (Å²) >= 11 is 3.56. The van der Waals surface area contributed by atoms with Crippen LogP contribution in [0.1, 0.15) is 56.3 Å². The van der Waals surface area contributed by atoms with Crippen LogP contribution in [0.3, 0.4) is 0 Å². The van der Waals surface area contributed by atoms with Crippen molar-refractivity contribution in [1.29, 1.82) is 0 Å². The highest BCUT2D eigenvalue weighted by atomic mass is 79.9. The summed E-state index contributed by atoms with van der Waals surface area (Å²) in [4.78, 5) is 30.8. The lowest BCUT2D eigenvalue weighted by molar-refractivity contribution is -0.118. The number of amides is 1. The van der Waals surface area contributed by atoms with Crippen molar-refractivity contribution >= 4 is 44.6 Å². The third-order valence-electron chi connectivity index (χ3n) is 6.81. The van der Waals surface area contributed by atoms with Gasteiger partial charge in [0.1, 0.15) is 5.82 Å². The third kappa shape index (κ3) is 6.42. The second-order valence-electron chi connectivity index (χ2n) is 9.65. The number of hydrogen-bond donors (Lipinski definition) is 1. The van der Waals surface area contributed by atoms with Gasteiger partial charge in [0.25, 0.3) is 11.5 Å². The van der Waals surface area contributed by atoms with Crippen LogP contribution in [0, 0.1) is 0 Å². The number of para-hydroxylation sites is 2. The van der Waals surface area contributed by atoms with E-state index < -0.39 is 0 Å². The second kappa shape index (κ2) is 12.9. The van der Waals surface area contributed by atoms with E-state index in [2.05, 4.69) is 26.3 Å². The summed E-state index contributed by atoms with van der Waals surface area (Å²) in [5.41, 5.74) is 1.90. The fourth-order valence-corrected chi connectivity index (χ4v) is 5.50. The SMILES string of the molecule is CCOc1cc(C=Nn2c(C3CCCCC3)nc3ccccc3c2=O)cc(Br)c1OCC(=O)Nc1ccccc1. The maximum absolute atomic E-state index is 13.5. The summed E-state index contributed by atoms with van der Waals surface area (Å²) in [6.07, 6.45) is 7.05. The molecule has 1 heterocycles. The fraction of sp³-hybridized carbons (Fsp3) is 0.290. The van der Waals surface area contributed by atoms with Gasteiger partial charge in [-0.2, -0.15) is 9.78 Å². The lowest BCUT2D eigenvalue weighted by Gasteiger charge is -2.22. The van der Waals surface area contributed by atoms with Gasteiger partial charge in [0.05, 0.1) is 28.2 Å². The van der Waals surface area contributed by atoms with Gasteiger partial charge in [-0.25, -0.2) is 4.98 Å². The minimum atomic E-state index is -0.287. The number of nitrogens with zero attached hydrogens (tertiary/aromatic N) is 3. The first kappa shape index (κ1) is 27.6. The van der Waals surface area contributed by atoms with Gasteiger partial charge in [-0.1, -0.05) is 49.6 Å². The highest BCUT2D eigenvalue weighted by molar-refractivity contribution is 9.10. The first-order valence-electron chi connectivity index (χ1n) is 13.5. The van der Waals surface area contributed by atoms with Crippen LogP contribution in [0.5, 0.6) is 11.5 Å². The second-order valence-corrected chi connectivity index (χ2v) is 10.5. The summed E-state index contributed by atoms with van der Waals surface area (Å²) in [7, 11) is 0. The van der Waals surface area contributed by atoms with Gasteiger partial charge in [-0.3, -0.25) is 9.59 Å². The van der Waals surface area contributed by atoms with Crippen LogP contribution in [-0.2, 0) is 4.79 Å². The van der Waals surface area contributed by atoms with Gasteiger partial charge < -0.3 is 14.8 Å². The molecule has 1 aromatic heterocycles. The van der Waals surface area contributed by atoms with Gasteiger partial charge in [-0.05, 0) is 77.7 Å². The molecule has 4 aromatic rings. The zero-order valence-corrected chi connectivity index (χ0v) is 23.9. The van der Waals surface area contributed by atoms with Gasteiger partial charge >= 0.3 is 0 Å². The van der Waals surface area contributed by atoms with Crippen molar-refractivity contribution in [2.75, 3.05) is 18.5 Å². The number of nitrogens with one attached hydrogen (secondary N) is 1. The molecule has 9 heteroatoms. The standard InChI is InChI=1S/C31H31BrN4O4/c1-2-39-27-18-21(17-25(32)29(27)40-20-28(37)34-23-13-7-4-8-14-23)19-33-36-30(22-11-5-3-6-12-22)35-26-16-10-9-15-24(26)31(36)38/h4,7-10,13-19,22H,2-3,5-6,11-12,20H2,1H3,(H,34,37). The number of carbonyl (C=O) groups excluding carboxylic acids is 1. The fourth-order valence-electron chi connectivity index (χ4n) is 4.92. The molecule has 5 rings (SSSR count). The number of hydrogen-bond acceptors (Lipinski definition) is 6. The van der Waals surface area contributed by atoms with Gasteiger partial charge in [-0.15, -0.1) is 0 Å². The molecule has 1 saturated carbocycles. The Balaban J connectivity index is 1.42. The lowest BCUT2D eigenvalue weighted by atomic mass is 9.88. The van der Waals surface area contributed by atoms with Crippen LogP contribution < -0.4 is 20.3 Å². The van der Waals surface area contributed by atoms with E-state index in [0.29, 0.717) is 50.6 Å². The number of fused-ring (bicyclic) bond motifs is 1. The lowest BCUT2D eigenvalue weighted by Crippen LogP contribution is -2.25. The minimum absolute atomic E-state index is 0.184. The number of ether oxygens (including phenoxy) is 2. The van der Waals surface area contributed by atoms with Crippen molar-refractivity contribution in [3.8, 4) is 11.5 Å². The van der Waals surface area contributed by atoms with Gasteiger partial charge in [0, 0.05) is 11.6 Å². The van der Waals surface area contributed by atoms with Crippen LogP contribution in [0.15, 0.2) is 81.1 Å². The van der Waals surface area contributed by atoms with Crippen molar-refractivity contribution in [2.24, 2.45) is 5.10 Å². The molecule has 1 fully saturated rings. The van der Waals surface area contributed by atoms with E-state index >= 15 is 0 Å². The predicted octanol–water partition coefficient (Wildman–Crippen LogP) is 6.51. The Morgan fingerprint density at radius 3 is 2.60 bits per heavy atom. The highest BCUT2D eigenvalue weighted by Gasteiger charge is 2.22. The van der Waals surface area contributed by atoms with E-state index in [-0.39, 0.29) is 24.0 Å². The maximum Gasteiger partial charge on any atom is 0.282 e. The molecule has 1 aliphatic rings. The highest BCUT2D eigenvalue weighted by Crippen LogP contribution is 2.37. The Morgan fingerprint density at radius 2 is 1.82 bits per heavy atom. The number of carbonyl (C=O) groups is 1. The average molecular weight is 604 g/mol. The number of anilines is 1. The Labute approximate surface area is 241 Å². The van der Waals surface area contributed by atoms with Crippen molar-refractivity contribution in [3.05, 3.63) is 92.9 Å². The molecule has 0 atom stereocenters. The molecule has 8 nitrogen and oxygen atoms in total. The van der Waals surface area contributed by atoms with E-state index in [1.807, 2.05) is 61.5 Å². The summed E-state index contributed by atoms with van der Waals surface area (Å²) in [5, 5.41) is 7.97. The molecule has 1 amide bonds. The number of rotatable bonds is 9. The minimum Gasteiger partial charge on any atom is -0.490 e. The molecule has 1 N–H and O–H groups in total. The number of aromatic nitrogens is 2. The zero-order valence-electron chi connectivity index (χ0n) is 22.3. The quantitative estimate of drug-likeness (QED) is 0.220. The Hall–Kier alpha value is -3.98. The Kier molecular flexibility index (Phi) is 8.91. The van der Waals surface area contributed by atoms with E-state index in [9.17, 15) is 9.59 Å². The summed E-state index contributed by atoms with van der Waals surface area (Å²) in [5.74, 6) is 1.47. The molecular formula is C31H31BrN4O4. The van der Waals surface area contributed by atoms with Crippen LogP contribution in [-0.4, -0.2) is 35.0 Å². The molecule has 0 aliphatic heterocycles. The largest absolute Gasteiger partial charge is 0.490 e. The summed E-state index contributed by atoms with van der Waals surface area (Å²) in [6, 6.07) is 20.2. The number of halogens is 1. The average Bonchev–Trinajstić information content (AvgIpc) is 2.97.